The Morgan fingerprint density at radius 1 is 1.50 bits per heavy atom. The normalized spacial score (nSPS) is 19.2. The summed E-state index contributed by atoms with van der Waals surface area (Å²) in [4.78, 5) is 1.05. The Bertz CT molecular complexity index is 436. The smallest absolute Gasteiger partial charge is 0.102 e. The van der Waals surface area contributed by atoms with Crippen LogP contribution in [0.2, 0.25) is 0 Å². The van der Waals surface area contributed by atoms with Gasteiger partial charge in [0, 0.05) is 33.9 Å². The van der Waals surface area contributed by atoms with Crippen LogP contribution < -0.4 is 5.32 Å². The van der Waals surface area contributed by atoms with Crippen molar-refractivity contribution in [3.8, 4) is 6.07 Å². The van der Waals surface area contributed by atoms with Gasteiger partial charge in [-0.05, 0) is 18.4 Å². The highest BCUT2D eigenvalue weighted by Crippen LogP contribution is 2.28. The molecule has 0 aliphatic carbocycles. The van der Waals surface area contributed by atoms with Crippen LogP contribution in [0.25, 0.3) is 0 Å². The van der Waals surface area contributed by atoms with Gasteiger partial charge in [0.25, 0.3) is 0 Å². The van der Waals surface area contributed by atoms with E-state index >= 15 is 0 Å². The van der Waals surface area contributed by atoms with Crippen LogP contribution in [0.4, 0.5) is 5.69 Å². The van der Waals surface area contributed by atoms with Crippen LogP contribution in [0.1, 0.15) is 5.56 Å². The Hall–Kier alpha value is -0.440. The molecule has 1 fully saturated rings. The van der Waals surface area contributed by atoms with Gasteiger partial charge in [-0.25, -0.2) is 0 Å². The van der Waals surface area contributed by atoms with Crippen LogP contribution in [0.5, 0.6) is 0 Å². The minimum absolute atomic E-state index is 0.660. The Balaban J connectivity index is 2.02. The Morgan fingerprint density at radius 3 is 3.06 bits per heavy atom. The number of benzene rings is 1. The van der Waals surface area contributed by atoms with Gasteiger partial charge in [0.1, 0.15) is 6.07 Å². The summed E-state index contributed by atoms with van der Waals surface area (Å²) in [6.07, 6.45) is 2.01. The first kappa shape index (κ1) is 14.0. The number of nitrogens with one attached hydrogen (secondary N) is 1. The molecule has 1 N–H and O–H groups in total. The molecular formula is C13H16N2S3. The predicted octanol–water partition coefficient (Wildman–Crippen LogP) is 3.54. The van der Waals surface area contributed by atoms with Gasteiger partial charge >= 0.3 is 0 Å². The number of anilines is 1. The number of hydrogen-bond acceptors (Lipinski definition) is 5. The van der Waals surface area contributed by atoms with Crippen molar-refractivity contribution >= 4 is 41.0 Å². The molecule has 1 aromatic carbocycles. The summed E-state index contributed by atoms with van der Waals surface area (Å²) in [6.45, 7) is 0.949. The van der Waals surface area contributed by atoms with E-state index in [-0.39, 0.29) is 0 Å². The molecule has 0 saturated carbocycles. The van der Waals surface area contributed by atoms with Gasteiger partial charge in [0.15, 0.2) is 0 Å². The van der Waals surface area contributed by atoms with E-state index in [4.69, 9.17) is 0 Å². The lowest BCUT2D eigenvalue weighted by molar-refractivity contribution is 1.00. The van der Waals surface area contributed by atoms with Gasteiger partial charge < -0.3 is 5.32 Å². The molecule has 1 unspecified atom stereocenters. The zero-order chi connectivity index (χ0) is 12.8. The van der Waals surface area contributed by atoms with E-state index in [0.717, 1.165) is 22.7 Å². The second kappa shape index (κ2) is 7.22. The van der Waals surface area contributed by atoms with Crippen molar-refractivity contribution in [1.82, 2.24) is 0 Å². The summed E-state index contributed by atoms with van der Waals surface area (Å²) in [6, 6.07) is 8.32. The largest absolute Gasteiger partial charge is 0.383 e. The molecular weight excluding hydrogens is 280 g/mol. The van der Waals surface area contributed by atoms with Crippen molar-refractivity contribution in [2.45, 2.75) is 10.1 Å². The lowest BCUT2D eigenvalue weighted by Crippen LogP contribution is -2.23. The van der Waals surface area contributed by atoms with Crippen molar-refractivity contribution in [3.63, 3.8) is 0 Å². The Labute approximate surface area is 121 Å². The summed E-state index contributed by atoms with van der Waals surface area (Å²) in [7, 11) is 0. The van der Waals surface area contributed by atoms with E-state index in [9.17, 15) is 5.26 Å². The molecule has 1 atom stereocenters. The van der Waals surface area contributed by atoms with Gasteiger partial charge in [-0.15, -0.1) is 11.8 Å². The third-order valence-electron chi connectivity index (χ3n) is 2.76. The average Bonchev–Trinajstić information content (AvgIpc) is 2.45. The van der Waals surface area contributed by atoms with E-state index in [2.05, 4.69) is 11.4 Å². The molecule has 1 aliphatic rings. The molecule has 1 saturated heterocycles. The zero-order valence-electron chi connectivity index (χ0n) is 10.3. The molecule has 2 nitrogen and oxygen atoms in total. The third kappa shape index (κ3) is 3.53. The number of nitrogens with zero attached hydrogens (tertiary/aromatic N) is 1. The molecule has 0 spiro atoms. The highest BCUT2D eigenvalue weighted by atomic mass is 32.2. The molecule has 1 heterocycles. The van der Waals surface area contributed by atoms with Crippen molar-refractivity contribution in [1.29, 1.82) is 5.26 Å². The fourth-order valence-corrected chi connectivity index (χ4v) is 5.03. The summed E-state index contributed by atoms with van der Waals surface area (Å²) < 4.78 is 0. The summed E-state index contributed by atoms with van der Waals surface area (Å²) in [5, 5.41) is 13.4. The maximum Gasteiger partial charge on any atom is 0.102 e. The maximum atomic E-state index is 9.25. The summed E-state index contributed by atoms with van der Waals surface area (Å²) >= 11 is 5.68. The van der Waals surface area contributed by atoms with Gasteiger partial charge in [0.2, 0.25) is 0 Å². The molecule has 5 heteroatoms. The van der Waals surface area contributed by atoms with Crippen LogP contribution in [-0.2, 0) is 0 Å². The molecule has 0 bridgehead atoms. The number of thioether (sulfide) groups is 3. The van der Waals surface area contributed by atoms with Crippen LogP contribution in [0.15, 0.2) is 23.1 Å². The topological polar surface area (TPSA) is 35.8 Å². The molecule has 0 aromatic heterocycles. The van der Waals surface area contributed by atoms with Crippen LogP contribution in [-0.4, -0.2) is 35.3 Å². The second-order valence-corrected chi connectivity index (χ2v) is 7.35. The Morgan fingerprint density at radius 2 is 2.39 bits per heavy atom. The van der Waals surface area contributed by atoms with Gasteiger partial charge in [0.05, 0.1) is 11.3 Å². The molecule has 1 aromatic rings. The fourth-order valence-electron chi connectivity index (χ4n) is 1.84. The molecule has 18 heavy (non-hydrogen) atoms. The third-order valence-corrected chi connectivity index (χ3v) is 6.39. The monoisotopic (exact) mass is 296 g/mol. The molecule has 2 rings (SSSR count). The van der Waals surface area contributed by atoms with Crippen molar-refractivity contribution in [3.05, 3.63) is 23.8 Å². The first-order valence-electron chi connectivity index (χ1n) is 5.85. The second-order valence-electron chi connectivity index (χ2n) is 3.94. The summed E-state index contributed by atoms with van der Waals surface area (Å²) in [5.74, 6) is 3.72. The van der Waals surface area contributed by atoms with E-state index in [1.165, 1.54) is 17.3 Å². The predicted molar refractivity (Wildman–Crippen MR) is 85.0 cm³/mol. The highest BCUT2D eigenvalue weighted by Gasteiger charge is 2.15. The van der Waals surface area contributed by atoms with Crippen LogP contribution in [0.3, 0.4) is 0 Å². The van der Waals surface area contributed by atoms with Gasteiger partial charge in [-0.3, -0.25) is 0 Å². The van der Waals surface area contributed by atoms with E-state index in [0.29, 0.717) is 5.25 Å². The van der Waals surface area contributed by atoms with Crippen molar-refractivity contribution < 1.29 is 0 Å². The van der Waals surface area contributed by atoms with E-state index in [1.54, 1.807) is 11.8 Å². The summed E-state index contributed by atoms with van der Waals surface area (Å²) in [5.41, 5.74) is 1.75. The number of hydrogen-bond donors (Lipinski definition) is 1. The standard InChI is InChI=1S/C13H16N2S3/c1-16-13-4-2-3-12(11(13)7-14)15-8-10-9-17-5-6-18-10/h2-4,10,15H,5-6,8-9H2,1H3. The van der Waals surface area contributed by atoms with E-state index in [1.807, 2.05) is 48.0 Å². The lowest BCUT2D eigenvalue weighted by atomic mass is 10.2. The molecule has 0 amide bonds. The quantitative estimate of drug-likeness (QED) is 0.860. The van der Waals surface area contributed by atoms with Gasteiger partial charge in [-0.2, -0.15) is 28.8 Å². The maximum absolute atomic E-state index is 9.25. The first-order valence-corrected chi connectivity index (χ1v) is 9.28. The number of nitriles is 1. The van der Waals surface area contributed by atoms with Crippen molar-refractivity contribution in [2.75, 3.05) is 35.4 Å². The SMILES string of the molecule is CSc1cccc(NCC2CSCCS2)c1C#N. The number of rotatable bonds is 4. The molecule has 96 valence electrons. The minimum atomic E-state index is 0.660. The average molecular weight is 296 g/mol. The Kier molecular flexibility index (Phi) is 5.61. The molecule has 0 radical (unpaired) electrons. The molecule has 1 aliphatic heterocycles. The van der Waals surface area contributed by atoms with Crippen LogP contribution >= 0.6 is 35.3 Å². The first-order chi connectivity index (χ1) is 8.85. The minimum Gasteiger partial charge on any atom is -0.383 e. The van der Waals surface area contributed by atoms with E-state index < -0.39 is 0 Å². The van der Waals surface area contributed by atoms with Crippen molar-refractivity contribution in [2.24, 2.45) is 0 Å². The van der Waals surface area contributed by atoms with Gasteiger partial charge in [-0.1, -0.05) is 6.07 Å². The lowest BCUT2D eigenvalue weighted by Gasteiger charge is -2.22. The van der Waals surface area contributed by atoms with Crippen LogP contribution in [0, 0.1) is 11.3 Å². The fraction of sp³-hybridized carbons (Fsp3) is 0.462. The zero-order valence-corrected chi connectivity index (χ0v) is 12.8. The highest BCUT2D eigenvalue weighted by molar-refractivity contribution is 8.06.